The number of phenols is 1. The Hall–Kier alpha value is -4.79. The van der Waals surface area contributed by atoms with E-state index in [1.807, 2.05) is 85.8 Å². The molecule has 2 heterocycles. The van der Waals surface area contributed by atoms with Crippen LogP contribution in [0.25, 0.3) is 56.1 Å². The van der Waals surface area contributed by atoms with E-state index in [-0.39, 0.29) is 49.8 Å². The molecule has 0 saturated carbocycles. The molecule has 0 bridgehead atoms. The largest absolute Gasteiger partial charge is 0.507 e. The molecule has 0 aliphatic rings. The van der Waals surface area contributed by atoms with Crippen LogP contribution in [-0.2, 0) is 21.1 Å². The summed E-state index contributed by atoms with van der Waals surface area (Å²) in [7, 11) is 0. The maximum Gasteiger partial charge on any atom is 0.230 e. The normalized spacial score (nSPS) is 14.2. The molecule has 0 spiro atoms. The van der Waals surface area contributed by atoms with Gasteiger partial charge in [-0.15, -0.1) is 29.3 Å². The fraction of sp³-hybridized carbons (Fsp3) is 0.100. The molecule has 5 aromatic carbocycles. The monoisotopic (exact) mass is 772 g/mol. The molecule has 7 rings (SSSR count). The van der Waals surface area contributed by atoms with Gasteiger partial charge in [-0.25, -0.2) is 4.98 Å². The van der Waals surface area contributed by atoms with E-state index in [0.717, 1.165) is 11.1 Å². The summed E-state index contributed by atoms with van der Waals surface area (Å²) in [5, 5.41) is 11.4. The standard InChI is InChI=1S/C40H31N2O2.Pt/c1-25-20-30(22-31(21-25)36-23-35(26(2)24-41-36)29-14-8-5-9-15-29)33-17-11-19-37-38(33)42-40(44-37)34-18-10-16-32(39(34)43)27(3)28-12-6-4-7-13-28;/h4-21,23-24,27,43H,1-3H3;/q-1;/i1D3,2D3;. The van der Waals surface area contributed by atoms with Crippen molar-refractivity contribution in [2.75, 3.05) is 0 Å². The second kappa shape index (κ2) is 12.7. The summed E-state index contributed by atoms with van der Waals surface area (Å²) in [6.45, 7) is -2.86. The Labute approximate surface area is 286 Å². The first kappa shape index (κ1) is 23.6. The quantitative estimate of drug-likeness (QED) is 0.171. The molecule has 5 heteroatoms. The van der Waals surface area contributed by atoms with Crippen LogP contribution in [0.2, 0.25) is 0 Å². The molecule has 224 valence electrons. The maximum absolute atomic E-state index is 11.4. The number of pyridine rings is 1. The van der Waals surface area contributed by atoms with Crippen molar-refractivity contribution in [3.8, 4) is 50.7 Å². The van der Waals surface area contributed by atoms with Crippen molar-refractivity contribution in [2.24, 2.45) is 0 Å². The zero-order chi connectivity index (χ0) is 35.2. The molecule has 0 saturated heterocycles. The van der Waals surface area contributed by atoms with Crippen LogP contribution in [0.15, 0.2) is 126 Å². The molecule has 1 unspecified atom stereocenters. The van der Waals surface area contributed by atoms with Crippen LogP contribution in [0.1, 0.15) is 43.3 Å². The van der Waals surface area contributed by atoms with Gasteiger partial charge in [0, 0.05) is 52.7 Å². The molecule has 4 nitrogen and oxygen atoms in total. The Morgan fingerprint density at radius 2 is 1.51 bits per heavy atom. The number of fused-ring (bicyclic) bond motifs is 1. The van der Waals surface area contributed by atoms with Crippen molar-refractivity contribution in [1.29, 1.82) is 0 Å². The van der Waals surface area contributed by atoms with Crippen molar-refractivity contribution in [1.82, 2.24) is 9.97 Å². The minimum absolute atomic E-state index is 0. The van der Waals surface area contributed by atoms with E-state index in [1.54, 1.807) is 30.3 Å². The summed E-state index contributed by atoms with van der Waals surface area (Å²) in [6, 6.07) is 37.9. The number of hydrogen-bond donors (Lipinski definition) is 1. The zero-order valence-corrected chi connectivity index (χ0v) is 26.5. The van der Waals surface area contributed by atoms with E-state index in [9.17, 15) is 5.11 Å². The Bertz CT molecular complexity index is 2340. The minimum atomic E-state index is -2.47. The van der Waals surface area contributed by atoms with Crippen LogP contribution in [0.3, 0.4) is 0 Å². The summed E-state index contributed by atoms with van der Waals surface area (Å²) in [4.78, 5) is 9.30. The summed E-state index contributed by atoms with van der Waals surface area (Å²) >= 11 is 0. The SMILES string of the molecule is [2H]C([2H])([2H])c1cc(-c2cc(-c3ccccc3)c(C([2H])([2H])[2H])cn2)[c-]c(-c2cccc3oc(-c4cccc(C(C)c5ccccc5)c4O)nc23)c1.[Pt]. The molecule has 2 aromatic heterocycles. The van der Waals surface area contributed by atoms with Crippen molar-refractivity contribution in [3.05, 3.63) is 150 Å². The number of aromatic nitrogens is 2. The predicted molar refractivity (Wildman–Crippen MR) is 177 cm³/mol. The van der Waals surface area contributed by atoms with Crippen molar-refractivity contribution < 1.29 is 38.8 Å². The van der Waals surface area contributed by atoms with E-state index in [2.05, 4.69) is 11.1 Å². The molecule has 0 amide bonds. The fourth-order valence-electron chi connectivity index (χ4n) is 5.60. The van der Waals surface area contributed by atoms with Crippen LogP contribution >= 0.6 is 0 Å². The number of oxazole rings is 1. The van der Waals surface area contributed by atoms with E-state index >= 15 is 0 Å². The number of aromatic hydroxyl groups is 1. The van der Waals surface area contributed by atoms with Crippen LogP contribution in [0.4, 0.5) is 0 Å². The van der Waals surface area contributed by atoms with Gasteiger partial charge in [-0.1, -0.05) is 116 Å². The van der Waals surface area contributed by atoms with Crippen molar-refractivity contribution in [2.45, 2.75) is 26.5 Å². The molecule has 1 N–H and O–H groups in total. The number of rotatable bonds is 6. The summed E-state index contributed by atoms with van der Waals surface area (Å²) in [5.41, 5.74) is 6.19. The van der Waals surface area contributed by atoms with Gasteiger partial charge in [0.05, 0.1) is 11.1 Å². The molecular weight excluding hydrogens is 736 g/mol. The average molecular weight is 773 g/mol. The number of nitrogens with zero attached hydrogens (tertiary/aromatic N) is 2. The van der Waals surface area contributed by atoms with Crippen LogP contribution in [0, 0.1) is 19.8 Å². The van der Waals surface area contributed by atoms with Gasteiger partial charge < -0.3 is 9.52 Å². The maximum atomic E-state index is 11.4. The molecule has 0 fully saturated rings. The van der Waals surface area contributed by atoms with Gasteiger partial charge in [-0.3, -0.25) is 4.98 Å². The summed E-state index contributed by atoms with van der Waals surface area (Å²) in [6.07, 6.45) is 1.32. The number of hydrogen-bond acceptors (Lipinski definition) is 4. The smallest absolute Gasteiger partial charge is 0.230 e. The van der Waals surface area contributed by atoms with Crippen LogP contribution in [-0.4, -0.2) is 15.1 Å². The van der Waals surface area contributed by atoms with Crippen LogP contribution < -0.4 is 0 Å². The number of aryl methyl sites for hydroxylation is 2. The summed E-state index contributed by atoms with van der Waals surface area (Å²) < 4.78 is 55.3. The minimum Gasteiger partial charge on any atom is -0.507 e. The average Bonchev–Trinajstić information content (AvgIpc) is 3.55. The molecule has 45 heavy (non-hydrogen) atoms. The molecule has 1 atom stereocenters. The zero-order valence-electron chi connectivity index (χ0n) is 30.2. The van der Waals surface area contributed by atoms with Gasteiger partial charge in [0.25, 0.3) is 0 Å². The molecule has 7 aromatic rings. The Morgan fingerprint density at radius 1 is 0.778 bits per heavy atom. The van der Waals surface area contributed by atoms with Gasteiger partial charge >= 0.3 is 0 Å². The van der Waals surface area contributed by atoms with Gasteiger partial charge in [0.15, 0.2) is 0 Å². The van der Waals surface area contributed by atoms with Gasteiger partial charge in [-0.2, -0.15) is 0 Å². The number of phenolic OH excluding ortho intramolecular Hbond substituents is 1. The van der Waals surface area contributed by atoms with E-state index in [4.69, 9.17) is 17.6 Å². The number of benzene rings is 5. The predicted octanol–water partition coefficient (Wildman–Crippen LogP) is 10.2. The van der Waals surface area contributed by atoms with E-state index in [1.165, 1.54) is 12.3 Å². The van der Waals surface area contributed by atoms with Crippen molar-refractivity contribution in [3.63, 3.8) is 0 Å². The second-order valence-electron chi connectivity index (χ2n) is 10.7. The molecular formula is C40H31N2O2Pt-. The third-order valence-corrected chi connectivity index (χ3v) is 7.91. The first-order valence-corrected chi connectivity index (χ1v) is 14.3. The molecule has 0 aliphatic carbocycles. The number of para-hydroxylation sites is 2. The molecule has 0 aliphatic heterocycles. The third-order valence-electron chi connectivity index (χ3n) is 7.91. The van der Waals surface area contributed by atoms with Gasteiger partial charge in [0.1, 0.15) is 11.3 Å². The van der Waals surface area contributed by atoms with Crippen LogP contribution in [0.5, 0.6) is 5.75 Å². The topological polar surface area (TPSA) is 59.2 Å². The summed E-state index contributed by atoms with van der Waals surface area (Å²) in [5.74, 6) is 0.196. The fourth-order valence-corrected chi connectivity index (χ4v) is 5.60. The van der Waals surface area contributed by atoms with Gasteiger partial charge in [-0.05, 0) is 41.2 Å². The first-order valence-electron chi connectivity index (χ1n) is 17.3. The van der Waals surface area contributed by atoms with E-state index < -0.39 is 13.7 Å². The second-order valence-corrected chi connectivity index (χ2v) is 10.7. The molecule has 0 radical (unpaired) electrons. The van der Waals surface area contributed by atoms with Gasteiger partial charge in [0.2, 0.25) is 5.89 Å². The third kappa shape index (κ3) is 5.86. The Kier molecular flexibility index (Phi) is 6.64. The Balaban J connectivity index is 0.00000448. The first-order chi connectivity index (χ1) is 23.9. The van der Waals surface area contributed by atoms with E-state index in [0.29, 0.717) is 50.2 Å². The van der Waals surface area contributed by atoms with Crippen molar-refractivity contribution >= 4 is 11.1 Å². The Morgan fingerprint density at radius 3 is 2.29 bits per heavy atom.